The third-order valence-electron chi connectivity index (χ3n) is 3.15. The molecule has 0 unspecified atom stereocenters. The highest BCUT2D eigenvalue weighted by Gasteiger charge is 2.30. The van der Waals surface area contributed by atoms with Crippen molar-refractivity contribution in [3.63, 3.8) is 0 Å². The lowest BCUT2D eigenvalue weighted by molar-refractivity contribution is 0.544. The van der Waals surface area contributed by atoms with E-state index in [-0.39, 0.29) is 24.0 Å². The lowest BCUT2D eigenvalue weighted by Gasteiger charge is -2.24. The van der Waals surface area contributed by atoms with Gasteiger partial charge >= 0.3 is 0 Å². The van der Waals surface area contributed by atoms with Crippen LogP contribution in [0.2, 0.25) is 0 Å². The lowest BCUT2D eigenvalue weighted by atomic mass is 10.2. The summed E-state index contributed by atoms with van der Waals surface area (Å²) in [6.07, 6.45) is 2.18. The van der Waals surface area contributed by atoms with E-state index >= 15 is 0 Å². The largest absolute Gasteiger partial charge is 0.356 e. The molecule has 1 aromatic rings. The number of hydrogen-bond donors (Lipinski definition) is 2. The first-order valence-electron chi connectivity index (χ1n) is 6.43. The minimum Gasteiger partial charge on any atom is -0.356 e. The highest BCUT2D eigenvalue weighted by molar-refractivity contribution is 14.0. The van der Waals surface area contributed by atoms with E-state index in [1.54, 1.807) is 32.2 Å². The normalized spacial score (nSPS) is 12.7. The molecule has 0 aliphatic heterocycles. The Hall–Kier alpha value is -0.350. The molecule has 122 valence electrons. The predicted molar refractivity (Wildman–Crippen MR) is 102 cm³/mol. The first-order valence-corrected chi connectivity index (χ1v) is 9.20. The topological polar surface area (TPSA) is 70.6 Å². The SMILES string of the molecule is CN=C(NCCc1cccs1)NCC(C)(C)S(C)(=O)=O.I. The average molecular weight is 445 g/mol. The fraction of sp³-hybridized carbons (Fsp3) is 0.615. The van der Waals surface area contributed by atoms with Crippen LogP contribution in [0.4, 0.5) is 0 Å². The molecule has 1 rings (SSSR count). The van der Waals surface area contributed by atoms with Gasteiger partial charge in [-0.1, -0.05) is 6.07 Å². The number of halogens is 1. The van der Waals surface area contributed by atoms with E-state index in [2.05, 4.69) is 27.1 Å². The van der Waals surface area contributed by atoms with Gasteiger partial charge in [0.2, 0.25) is 0 Å². The number of rotatable bonds is 6. The molecule has 1 heterocycles. The van der Waals surface area contributed by atoms with Gasteiger partial charge in [0.15, 0.2) is 15.8 Å². The van der Waals surface area contributed by atoms with Crippen LogP contribution in [-0.2, 0) is 16.3 Å². The maximum atomic E-state index is 11.6. The van der Waals surface area contributed by atoms with Crippen molar-refractivity contribution < 1.29 is 8.42 Å². The number of nitrogens with one attached hydrogen (secondary N) is 2. The number of thiophene rings is 1. The third kappa shape index (κ3) is 6.96. The summed E-state index contributed by atoms with van der Waals surface area (Å²) >= 11 is 1.72. The second kappa shape index (κ2) is 8.94. The van der Waals surface area contributed by atoms with Gasteiger partial charge in [0.05, 0.1) is 4.75 Å². The van der Waals surface area contributed by atoms with Crippen LogP contribution in [0, 0.1) is 0 Å². The van der Waals surface area contributed by atoms with Gasteiger partial charge in [0, 0.05) is 31.3 Å². The number of guanidine groups is 1. The number of aliphatic imine (C=N–C) groups is 1. The van der Waals surface area contributed by atoms with Gasteiger partial charge in [-0.05, 0) is 31.7 Å². The van der Waals surface area contributed by atoms with Crippen LogP contribution in [0.3, 0.4) is 0 Å². The average Bonchev–Trinajstić information content (AvgIpc) is 2.85. The minimum atomic E-state index is -3.11. The lowest BCUT2D eigenvalue weighted by Crippen LogP contribution is -2.48. The molecule has 0 spiro atoms. The summed E-state index contributed by atoms with van der Waals surface area (Å²) in [5.41, 5.74) is 0. The van der Waals surface area contributed by atoms with E-state index in [4.69, 9.17) is 0 Å². The van der Waals surface area contributed by atoms with Crippen LogP contribution < -0.4 is 10.6 Å². The highest BCUT2D eigenvalue weighted by atomic mass is 127. The van der Waals surface area contributed by atoms with Crippen LogP contribution in [0.5, 0.6) is 0 Å². The van der Waals surface area contributed by atoms with Crippen LogP contribution in [-0.4, -0.2) is 45.5 Å². The highest BCUT2D eigenvalue weighted by Crippen LogP contribution is 2.13. The maximum Gasteiger partial charge on any atom is 0.191 e. The fourth-order valence-corrected chi connectivity index (χ4v) is 2.45. The molecule has 0 aliphatic rings. The third-order valence-corrected chi connectivity index (χ3v) is 6.24. The van der Waals surface area contributed by atoms with Crippen molar-refractivity contribution in [3.8, 4) is 0 Å². The molecular formula is C13H24IN3O2S2. The Morgan fingerprint density at radius 2 is 2.05 bits per heavy atom. The van der Waals surface area contributed by atoms with E-state index in [1.165, 1.54) is 11.1 Å². The Kier molecular flexibility index (Phi) is 8.79. The molecule has 21 heavy (non-hydrogen) atoms. The van der Waals surface area contributed by atoms with Gasteiger partial charge < -0.3 is 10.6 Å². The molecule has 2 N–H and O–H groups in total. The molecule has 5 nitrogen and oxygen atoms in total. The number of sulfone groups is 1. The van der Waals surface area contributed by atoms with Gasteiger partial charge in [-0.3, -0.25) is 4.99 Å². The summed E-state index contributed by atoms with van der Waals surface area (Å²) in [5, 5.41) is 8.29. The molecule has 0 aliphatic carbocycles. The van der Waals surface area contributed by atoms with Gasteiger partial charge in [-0.25, -0.2) is 8.42 Å². The molecule has 0 amide bonds. The van der Waals surface area contributed by atoms with Crippen LogP contribution in [0.1, 0.15) is 18.7 Å². The van der Waals surface area contributed by atoms with E-state index in [9.17, 15) is 8.42 Å². The first kappa shape index (κ1) is 20.6. The summed E-state index contributed by atoms with van der Waals surface area (Å²) in [7, 11) is -1.43. The summed E-state index contributed by atoms with van der Waals surface area (Å²) in [6, 6.07) is 4.12. The fourth-order valence-electron chi connectivity index (χ4n) is 1.41. The Labute approximate surface area is 148 Å². The van der Waals surface area contributed by atoms with Crippen molar-refractivity contribution in [3.05, 3.63) is 22.4 Å². The van der Waals surface area contributed by atoms with Gasteiger partial charge in [-0.2, -0.15) is 0 Å². The van der Waals surface area contributed by atoms with Gasteiger partial charge in [0.1, 0.15) is 0 Å². The van der Waals surface area contributed by atoms with Crippen molar-refractivity contribution in [1.82, 2.24) is 10.6 Å². The zero-order valence-electron chi connectivity index (χ0n) is 12.8. The van der Waals surface area contributed by atoms with Gasteiger partial charge in [-0.15, -0.1) is 35.3 Å². The monoisotopic (exact) mass is 445 g/mol. The molecule has 0 aromatic carbocycles. The van der Waals surface area contributed by atoms with Crippen LogP contribution >= 0.6 is 35.3 Å². The zero-order chi connectivity index (χ0) is 15.2. The summed E-state index contributed by atoms with van der Waals surface area (Å²) in [6.45, 7) is 4.49. The smallest absolute Gasteiger partial charge is 0.191 e. The molecule has 0 fully saturated rings. The minimum absolute atomic E-state index is 0. The molecule has 0 bridgehead atoms. The standard InChI is InChI=1S/C13H23N3O2S2.HI/c1-13(2,20(4,17)18)10-16-12(14-3)15-8-7-11-6-5-9-19-11;/h5-6,9H,7-8,10H2,1-4H3,(H2,14,15,16);1H. The quantitative estimate of drug-likeness (QED) is 0.399. The summed E-state index contributed by atoms with van der Waals surface area (Å²) in [5.74, 6) is 0.623. The van der Waals surface area contributed by atoms with E-state index in [1.807, 2.05) is 6.07 Å². The Morgan fingerprint density at radius 1 is 1.38 bits per heavy atom. The van der Waals surface area contributed by atoms with E-state index in [0.717, 1.165) is 13.0 Å². The summed E-state index contributed by atoms with van der Waals surface area (Å²) in [4.78, 5) is 5.40. The molecular weight excluding hydrogens is 421 g/mol. The van der Waals surface area contributed by atoms with E-state index < -0.39 is 14.6 Å². The second-order valence-corrected chi connectivity index (χ2v) is 8.90. The van der Waals surface area contributed by atoms with Gasteiger partial charge in [0.25, 0.3) is 0 Å². The number of hydrogen-bond acceptors (Lipinski definition) is 4. The predicted octanol–water partition coefficient (Wildman–Crippen LogP) is 1.90. The molecule has 0 saturated carbocycles. The van der Waals surface area contributed by atoms with Crippen LogP contribution in [0.15, 0.2) is 22.5 Å². The zero-order valence-corrected chi connectivity index (χ0v) is 16.8. The number of nitrogens with zero attached hydrogens (tertiary/aromatic N) is 1. The molecule has 1 aromatic heterocycles. The maximum absolute atomic E-state index is 11.6. The molecule has 8 heteroatoms. The molecule has 0 radical (unpaired) electrons. The second-order valence-electron chi connectivity index (χ2n) is 5.21. The van der Waals surface area contributed by atoms with Crippen molar-refractivity contribution in [2.75, 3.05) is 26.4 Å². The Balaban J connectivity index is 0.00000400. The Bertz CT molecular complexity index is 540. The van der Waals surface area contributed by atoms with E-state index in [0.29, 0.717) is 12.5 Å². The molecule has 0 atom stereocenters. The Morgan fingerprint density at radius 3 is 2.52 bits per heavy atom. The van der Waals surface area contributed by atoms with Crippen LogP contribution in [0.25, 0.3) is 0 Å². The van der Waals surface area contributed by atoms with Crippen molar-refractivity contribution in [2.45, 2.75) is 25.0 Å². The van der Waals surface area contributed by atoms with Crippen molar-refractivity contribution in [2.24, 2.45) is 4.99 Å². The van der Waals surface area contributed by atoms with Crippen molar-refractivity contribution in [1.29, 1.82) is 0 Å². The summed E-state index contributed by atoms with van der Waals surface area (Å²) < 4.78 is 22.4. The first-order chi connectivity index (χ1) is 9.26. The molecule has 0 saturated heterocycles. The van der Waals surface area contributed by atoms with Crippen molar-refractivity contribution >= 4 is 51.1 Å².